The predicted octanol–water partition coefficient (Wildman–Crippen LogP) is 4.89. The van der Waals surface area contributed by atoms with E-state index in [0.29, 0.717) is 22.8 Å². The van der Waals surface area contributed by atoms with E-state index in [0.717, 1.165) is 16.7 Å². The minimum atomic E-state index is -3.46. The quantitative estimate of drug-likeness (QED) is 0.508. The normalized spacial score (nSPS) is 11.2. The Morgan fingerprint density at radius 3 is 2.06 bits per heavy atom. The molecule has 3 aromatic carbocycles. The molecule has 0 radical (unpaired) electrons. The van der Waals surface area contributed by atoms with Crippen LogP contribution in [0.25, 0.3) is 0 Å². The number of hydrogen-bond acceptors (Lipinski definition) is 3. The number of carbonyl (C=O) groups is 1. The van der Waals surface area contributed by atoms with Gasteiger partial charge < -0.3 is 4.90 Å². The molecule has 0 spiro atoms. The Balaban J connectivity index is 1.73. The Labute approximate surface area is 188 Å². The Hall–Kier alpha value is -2.83. The van der Waals surface area contributed by atoms with Crippen LogP contribution < -0.4 is 4.31 Å². The molecular formula is C24H25ClN2O3S. The molecule has 0 aliphatic carbocycles. The molecule has 1 amide bonds. The van der Waals surface area contributed by atoms with Gasteiger partial charge >= 0.3 is 0 Å². The highest BCUT2D eigenvalue weighted by molar-refractivity contribution is 7.92. The van der Waals surface area contributed by atoms with Crippen molar-refractivity contribution in [3.8, 4) is 0 Å². The zero-order valence-corrected chi connectivity index (χ0v) is 19.3. The molecule has 0 heterocycles. The third kappa shape index (κ3) is 6.09. The molecule has 0 atom stereocenters. The second-order valence-electron chi connectivity index (χ2n) is 7.59. The first kappa shape index (κ1) is 22.8. The molecule has 0 saturated heterocycles. The average molecular weight is 457 g/mol. The van der Waals surface area contributed by atoms with Gasteiger partial charge in [0.1, 0.15) is 0 Å². The van der Waals surface area contributed by atoms with Gasteiger partial charge in [0.15, 0.2) is 0 Å². The topological polar surface area (TPSA) is 57.7 Å². The van der Waals surface area contributed by atoms with Crippen LogP contribution in [-0.4, -0.2) is 32.5 Å². The van der Waals surface area contributed by atoms with Gasteiger partial charge in [-0.3, -0.25) is 9.10 Å². The van der Waals surface area contributed by atoms with E-state index in [2.05, 4.69) is 0 Å². The molecular weight excluding hydrogens is 432 g/mol. The summed E-state index contributed by atoms with van der Waals surface area (Å²) in [5, 5.41) is 0.655. The molecule has 0 unspecified atom stereocenters. The lowest BCUT2D eigenvalue weighted by Gasteiger charge is -2.23. The molecule has 0 bridgehead atoms. The maximum atomic E-state index is 12.8. The van der Waals surface area contributed by atoms with Crippen molar-refractivity contribution in [3.05, 3.63) is 100 Å². The molecule has 0 aromatic heterocycles. The summed E-state index contributed by atoms with van der Waals surface area (Å²) in [6, 6.07) is 21.8. The SMILES string of the molecule is Cc1cccc(N(Cc2ccc(C(=O)N(C)Cc3ccc(Cl)cc3)cc2)S(C)(=O)=O)c1. The molecule has 0 aliphatic rings. The zero-order chi connectivity index (χ0) is 22.6. The van der Waals surface area contributed by atoms with Gasteiger partial charge in [0.2, 0.25) is 10.0 Å². The van der Waals surface area contributed by atoms with Crippen molar-refractivity contribution < 1.29 is 13.2 Å². The van der Waals surface area contributed by atoms with Gasteiger partial charge in [-0.05, 0) is 60.0 Å². The Morgan fingerprint density at radius 2 is 1.48 bits per heavy atom. The molecule has 0 saturated carbocycles. The van der Waals surface area contributed by atoms with Crippen LogP contribution in [0.5, 0.6) is 0 Å². The monoisotopic (exact) mass is 456 g/mol. The summed E-state index contributed by atoms with van der Waals surface area (Å²) in [4.78, 5) is 14.4. The van der Waals surface area contributed by atoms with Crippen molar-refractivity contribution in [1.29, 1.82) is 0 Å². The van der Waals surface area contributed by atoms with Crippen LogP contribution in [0.2, 0.25) is 5.02 Å². The van der Waals surface area contributed by atoms with Gasteiger partial charge in [0, 0.05) is 24.2 Å². The van der Waals surface area contributed by atoms with Crippen LogP contribution in [0, 0.1) is 6.92 Å². The highest BCUT2D eigenvalue weighted by Gasteiger charge is 2.19. The van der Waals surface area contributed by atoms with Gasteiger partial charge in [0.25, 0.3) is 5.91 Å². The van der Waals surface area contributed by atoms with Crippen molar-refractivity contribution in [2.75, 3.05) is 17.6 Å². The van der Waals surface area contributed by atoms with E-state index in [1.165, 1.54) is 10.6 Å². The number of hydrogen-bond donors (Lipinski definition) is 0. The fourth-order valence-electron chi connectivity index (χ4n) is 3.26. The molecule has 5 nitrogen and oxygen atoms in total. The van der Waals surface area contributed by atoms with Crippen LogP contribution in [0.1, 0.15) is 27.0 Å². The van der Waals surface area contributed by atoms with Gasteiger partial charge in [-0.15, -0.1) is 0 Å². The van der Waals surface area contributed by atoms with Gasteiger partial charge in [-0.1, -0.05) is 48.0 Å². The van der Waals surface area contributed by atoms with Crippen LogP contribution in [0.3, 0.4) is 0 Å². The summed E-state index contributed by atoms with van der Waals surface area (Å²) in [7, 11) is -1.72. The van der Waals surface area contributed by atoms with Gasteiger partial charge in [0.05, 0.1) is 18.5 Å². The molecule has 7 heteroatoms. The minimum Gasteiger partial charge on any atom is -0.337 e. The smallest absolute Gasteiger partial charge is 0.253 e. The standard InChI is InChI=1S/C24H25ClN2O3S/c1-18-5-4-6-23(15-18)27(31(3,29)30)17-20-7-11-21(12-8-20)24(28)26(2)16-19-9-13-22(25)14-10-19/h4-15H,16-17H2,1-3H3. The third-order valence-electron chi connectivity index (χ3n) is 4.90. The molecule has 162 valence electrons. The number of sulfonamides is 1. The Morgan fingerprint density at radius 1 is 0.903 bits per heavy atom. The van der Waals surface area contributed by atoms with Crippen molar-refractivity contribution in [2.45, 2.75) is 20.0 Å². The second kappa shape index (κ2) is 9.54. The molecule has 31 heavy (non-hydrogen) atoms. The summed E-state index contributed by atoms with van der Waals surface area (Å²) in [5.74, 6) is -0.111. The van der Waals surface area contributed by atoms with Crippen LogP contribution in [-0.2, 0) is 23.1 Å². The average Bonchev–Trinajstić information content (AvgIpc) is 2.72. The fraction of sp³-hybridized carbons (Fsp3) is 0.208. The lowest BCUT2D eigenvalue weighted by molar-refractivity contribution is 0.0785. The summed E-state index contributed by atoms with van der Waals surface area (Å²) in [6.45, 7) is 2.58. The third-order valence-corrected chi connectivity index (χ3v) is 6.29. The van der Waals surface area contributed by atoms with E-state index in [4.69, 9.17) is 11.6 Å². The number of nitrogens with zero attached hydrogens (tertiary/aromatic N) is 2. The highest BCUT2D eigenvalue weighted by atomic mass is 35.5. The highest BCUT2D eigenvalue weighted by Crippen LogP contribution is 2.22. The summed E-state index contributed by atoms with van der Waals surface area (Å²) < 4.78 is 26.1. The van der Waals surface area contributed by atoms with E-state index in [9.17, 15) is 13.2 Å². The maximum absolute atomic E-state index is 12.8. The minimum absolute atomic E-state index is 0.111. The van der Waals surface area contributed by atoms with Gasteiger partial charge in [-0.2, -0.15) is 0 Å². The second-order valence-corrected chi connectivity index (χ2v) is 9.94. The van der Waals surface area contributed by atoms with Crippen molar-refractivity contribution in [3.63, 3.8) is 0 Å². The maximum Gasteiger partial charge on any atom is 0.253 e. The molecule has 0 N–H and O–H groups in total. The number of carbonyl (C=O) groups excluding carboxylic acids is 1. The zero-order valence-electron chi connectivity index (χ0n) is 17.7. The predicted molar refractivity (Wildman–Crippen MR) is 126 cm³/mol. The number of amides is 1. The van der Waals surface area contributed by atoms with E-state index in [1.54, 1.807) is 54.4 Å². The first-order valence-corrected chi connectivity index (χ1v) is 12.0. The molecule has 3 aromatic rings. The van der Waals surface area contributed by atoms with Crippen LogP contribution in [0.15, 0.2) is 72.8 Å². The van der Waals surface area contributed by atoms with E-state index in [-0.39, 0.29) is 12.5 Å². The lowest BCUT2D eigenvalue weighted by atomic mass is 10.1. The number of anilines is 1. The fourth-order valence-corrected chi connectivity index (χ4v) is 4.26. The largest absolute Gasteiger partial charge is 0.337 e. The number of benzene rings is 3. The van der Waals surface area contributed by atoms with Crippen LogP contribution >= 0.6 is 11.6 Å². The van der Waals surface area contributed by atoms with Crippen molar-refractivity contribution in [1.82, 2.24) is 4.90 Å². The molecule has 0 fully saturated rings. The van der Waals surface area contributed by atoms with E-state index >= 15 is 0 Å². The van der Waals surface area contributed by atoms with Crippen molar-refractivity contribution in [2.24, 2.45) is 0 Å². The molecule has 0 aliphatic heterocycles. The van der Waals surface area contributed by atoms with Crippen molar-refractivity contribution >= 4 is 33.2 Å². The summed E-state index contributed by atoms with van der Waals surface area (Å²) in [5.41, 5.74) is 3.92. The van der Waals surface area contributed by atoms with E-state index in [1.807, 2.05) is 37.3 Å². The lowest BCUT2D eigenvalue weighted by Crippen LogP contribution is -2.29. The van der Waals surface area contributed by atoms with Crippen LogP contribution in [0.4, 0.5) is 5.69 Å². The Kier molecular flexibility index (Phi) is 7.03. The number of aryl methyl sites for hydroxylation is 1. The molecule has 3 rings (SSSR count). The summed E-state index contributed by atoms with van der Waals surface area (Å²) >= 11 is 5.91. The first-order chi connectivity index (χ1) is 14.6. The number of rotatable bonds is 7. The number of halogens is 1. The van der Waals surface area contributed by atoms with E-state index < -0.39 is 10.0 Å². The first-order valence-electron chi connectivity index (χ1n) is 9.77. The van der Waals surface area contributed by atoms with Gasteiger partial charge in [-0.25, -0.2) is 8.42 Å². The Bertz CT molecular complexity index is 1160. The summed E-state index contributed by atoms with van der Waals surface area (Å²) in [6.07, 6.45) is 1.19.